The van der Waals surface area contributed by atoms with Gasteiger partial charge in [0.05, 0.1) is 5.56 Å². The number of carbonyl (C=O) groups excluding carboxylic acids is 1. The Balaban J connectivity index is 2.02. The maximum absolute atomic E-state index is 11.8. The molecule has 0 spiro atoms. The molecule has 2 aromatic carbocycles. The topological polar surface area (TPSA) is 37.3 Å². The summed E-state index contributed by atoms with van der Waals surface area (Å²) in [6.07, 6.45) is 4.02. The van der Waals surface area contributed by atoms with Gasteiger partial charge in [-0.25, -0.2) is 0 Å². The van der Waals surface area contributed by atoms with Gasteiger partial charge in [0.25, 0.3) is 0 Å². The third kappa shape index (κ3) is 3.08. The van der Waals surface area contributed by atoms with Gasteiger partial charge in [0, 0.05) is 0 Å². The average molecular weight is 238 g/mol. The second-order valence-corrected chi connectivity index (χ2v) is 3.97. The zero-order valence-electron chi connectivity index (χ0n) is 9.91. The molecular formula is C16H14O2. The molecule has 0 saturated carbocycles. The van der Waals surface area contributed by atoms with E-state index in [0.29, 0.717) is 12.0 Å². The van der Waals surface area contributed by atoms with Crippen molar-refractivity contribution in [2.24, 2.45) is 0 Å². The molecule has 2 rings (SSSR count). The molecule has 0 amide bonds. The molecule has 1 N–H and O–H groups in total. The van der Waals surface area contributed by atoms with Crippen LogP contribution in [-0.2, 0) is 6.42 Å². The van der Waals surface area contributed by atoms with Crippen molar-refractivity contribution in [2.45, 2.75) is 6.42 Å². The monoisotopic (exact) mass is 238 g/mol. The number of phenolic OH excluding ortho intramolecular Hbond substituents is 1. The number of carbonyl (C=O) groups is 1. The molecule has 18 heavy (non-hydrogen) atoms. The van der Waals surface area contributed by atoms with Crippen LogP contribution >= 0.6 is 0 Å². The van der Waals surface area contributed by atoms with Crippen molar-refractivity contribution in [3.63, 3.8) is 0 Å². The predicted molar refractivity (Wildman–Crippen MR) is 71.7 cm³/mol. The van der Waals surface area contributed by atoms with Crippen LogP contribution in [0.5, 0.6) is 5.75 Å². The van der Waals surface area contributed by atoms with Gasteiger partial charge >= 0.3 is 0 Å². The fraction of sp³-hybridized carbons (Fsp3) is 0.0625. The minimum atomic E-state index is -0.177. The summed E-state index contributed by atoms with van der Waals surface area (Å²) in [5.74, 6) is -0.157. The van der Waals surface area contributed by atoms with Gasteiger partial charge in [-0.3, -0.25) is 4.79 Å². The van der Waals surface area contributed by atoms with E-state index in [1.54, 1.807) is 18.2 Å². The summed E-state index contributed by atoms with van der Waals surface area (Å²) in [5.41, 5.74) is 1.49. The Morgan fingerprint density at radius 2 is 1.67 bits per heavy atom. The highest BCUT2D eigenvalue weighted by Gasteiger charge is 2.05. The van der Waals surface area contributed by atoms with Crippen LogP contribution in [0.25, 0.3) is 0 Å². The van der Waals surface area contributed by atoms with Crippen LogP contribution in [0.2, 0.25) is 0 Å². The van der Waals surface area contributed by atoms with Crippen molar-refractivity contribution in [2.75, 3.05) is 0 Å². The molecule has 0 aromatic heterocycles. The summed E-state index contributed by atoms with van der Waals surface area (Å²) in [5, 5.41) is 9.54. The molecule has 0 aliphatic carbocycles. The second kappa shape index (κ2) is 5.82. The summed E-state index contributed by atoms with van der Waals surface area (Å²) >= 11 is 0. The van der Waals surface area contributed by atoms with E-state index >= 15 is 0 Å². The fourth-order valence-electron chi connectivity index (χ4n) is 1.69. The molecule has 2 nitrogen and oxygen atoms in total. The molecule has 0 heterocycles. The van der Waals surface area contributed by atoms with Crippen molar-refractivity contribution >= 4 is 5.78 Å². The number of ketones is 1. The molecule has 0 fully saturated rings. The third-order valence-electron chi connectivity index (χ3n) is 2.64. The van der Waals surface area contributed by atoms with E-state index in [2.05, 4.69) is 0 Å². The van der Waals surface area contributed by atoms with Crippen LogP contribution in [0.4, 0.5) is 0 Å². The Bertz CT molecular complexity index is 556. The first kappa shape index (κ1) is 12.1. The predicted octanol–water partition coefficient (Wildman–Crippen LogP) is 3.37. The number of allylic oxidation sites excluding steroid dienone is 2. The normalized spacial score (nSPS) is 10.7. The van der Waals surface area contributed by atoms with Gasteiger partial charge in [0.15, 0.2) is 5.78 Å². The van der Waals surface area contributed by atoms with Crippen LogP contribution in [0, 0.1) is 0 Å². The maximum atomic E-state index is 11.8. The van der Waals surface area contributed by atoms with E-state index < -0.39 is 0 Å². The zero-order chi connectivity index (χ0) is 12.8. The molecule has 0 radical (unpaired) electrons. The number of hydrogen-bond acceptors (Lipinski definition) is 2. The Labute approximate surface area is 106 Å². The summed E-state index contributed by atoms with van der Waals surface area (Å²) in [7, 11) is 0. The van der Waals surface area contributed by atoms with Gasteiger partial charge in [-0.1, -0.05) is 48.5 Å². The highest BCUT2D eigenvalue weighted by molar-refractivity contribution is 6.06. The van der Waals surface area contributed by atoms with Crippen molar-refractivity contribution in [3.8, 4) is 5.75 Å². The average Bonchev–Trinajstić information content (AvgIpc) is 2.40. The van der Waals surface area contributed by atoms with Crippen LogP contribution < -0.4 is 0 Å². The molecule has 90 valence electrons. The lowest BCUT2D eigenvalue weighted by atomic mass is 10.1. The van der Waals surface area contributed by atoms with Crippen molar-refractivity contribution in [1.82, 2.24) is 0 Å². The molecule has 0 aliphatic heterocycles. The lowest BCUT2D eigenvalue weighted by Gasteiger charge is -1.99. The van der Waals surface area contributed by atoms with Gasteiger partial charge in [-0.15, -0.1) is 0 Å². The van der Waals surface area contributed by atoms with Crippen LogP contribution in [0.15, 0.2) is 66.7 Å². The van der Waals surface area contributed by atoms with E-state index in [1.807, 2.05) is 36.4 Å². The zero-order valence-corrected chi connectivity index (χ0v) is 9.91. The molecule has 0 aliphatic rings. The first-order valence-corrected chi connectivity index (χ1v) is 5.80. The van der Waals surface area contributed by atoms with Gasteiger partial charge in [0.2, 0.25) is 0 Å². The highest BCUT2D eigenvalue weighted by atomic mass is 16.3. The molecule has 0 atom stereocenters. The number of phenols is 1. The summed E-state index contributed by atoms with van der Waals surface area (Å²) in [4.78, 5) is 11.8. The van der Waals surface area contributed by atoms with E-state index in [0.717, 1.165) is 5.56 Å². The molecular weight excluding hydrogens is 224 g/mol. The lowest BCUT2D eigenvalue weighted by molar-refractivity contribution is 0.104. The second-order valence-electron chi connectivity index (χ2n) is 3.97. The Morgan fingerprint density at radius 1 is 1.00 bits per heavy atom. The molecule has 0 unspecified atom stereocenters. The van der Waals surface area contributed by atoms with E-state index in [9.17, 15) is 9.90 Å². The van der Waals surface area contributed by atoms with Crippen LogP contribution in [0.3, 0.4) is 0 Å². The van der Waals surface area contributed by atoms with E-state index in [4.69, 9.17) is 0 Å². The first-order chi connectivity index (χ1) is 8.77. The summed E-state index contributed by atoms with van der Waals surface area (Å²) < 4.78 is 0. The maximum Gasteiger partial charge on any atom is 0.189 e. The van der Waals surface area contributed by atoms with E-state index in [1.165, 1.54) is 12.1 Å². The molecule has 2 heteroatoms. The van der Waals surface area contributed by atoms with Crippen LogP contribution in [0.1, 0.15) is 15.9 Å². The SMILES string of the molecule is O=C(/C=C/Cc1ccccc1)c1ccccc1O. The van der Waals surface area contributed by atoms with Crippen molar-refractivity contribution in [3.05, 3.63) is 77.9 Å². The lowest BCUT2D eigenvalue weighted by Crippen LogP contribution is -1.94. The molecule has 2 aromatic rings. The highest BCUT2D eigenvalue weighted by Crippen LogP contribution is 2.16. The summed E-state index contributed by atoms with van der Waals surface area (Å²) in [6.45, 7) is 0. The fourth-order valence-corrected chi connectivity index (χ4v) is 1.69. The Hall–Kier alpha value is -2.35. The minimum absolute atomic E-state index is 0.0202. The first-order valence-electron chi connectivity index (χ1n) is 5.80. The standard InChI is InChI=1S/C16H14O2/c17-15-11-5-4-10-14(15)16(18)12-6-9-13-7-2-1-3-8-13/h1-8,10-12,17H,9H2/b12-6+. The number of rotatable bonds is 4. The third-order valence-corrected chi connectivity index (χ3v) is 2.64. The van der Waals surface area contributed by atoms with Gasteiger partial charge in [0.1, 0.15) is 5.75 Å². The van der Waals surface area contributed by atoms with Crippen molar-refractivity contribution < 1.29 is 9.90 Å². The smallest absolute Gasteiger partial charge is 0.189 e. The van der Waals surface area contributed by atoms with E-state index in [-0.39, 0.29) is 11.5 Å². The molecule has 0 saturated heterocycles. The quantitative estimate of drug-likeness (QED) is 0.655. The number of hydrogen-bond donors (Lipinski definition) is 1. The number of benzene rings is 2. The van der Waals surface area contributed by atoms with Gasteiger partial charge in [-0.05, 0) is 30.2 Å². The minimum Gasteiger partial charge on any atom is -0.507 e. The number of para-hydroxylation sites is 1. The van der Waals surface area contributed by atoms with Crippen LogP contribution in [-0.4, -0.2) is 10.9 Å². The van der Waals surface area contributed by atoms with Crippen molar-refractivity contribution in [1.29, 1.82) is 0 Å². The largest absolute Gasteiger partial charge is 0.507 e. The number of aromatic hydroxyl groups is 1. The molecule has 0 bridgehead atoms. The Morgan fingerprint density at radius 3 is 2.39 bits per heavy atom. The Kier molecular flexibility index (Phi) is 3.92. The summed E-state index contributed by atoms with van der Waals surface area (Å²) in [6, 6.07) is 16.5. The van der Waals surface area contributed by atoms with Gasteiger partial charge < -0.3 is 5.11 Å². The van der Waals surface area contributed by atoms with Gasteiger partial charge in [-0.2, -0.15) is 0 Å².